The first-order valence-corrected chi connectivity index (χ1v) is 6.26. The van der Waals surface area contributed by atoms with E-state index in [2.05, 4.69) is 5.10 Å². The molecule has 1 aromatic heterocycles. The van der Waals surface area contributed by atoms with Crippen molar-refractivity contribution in [2.75, 3.05) is 0 Å². The Hall–Kier alpha value is -1.81. The van der Waals surface area contributed by atoms with Crippen molar-refractivity contribution in [2.24, 2.45) is 7.05 Å². The molecule has 0 radical (unpaired) electrons. The Bertz CT molecular complexity index is 647. The second-order valence-corrected chi connectivity index (χ2v) is 4.83. The Morgan fingerprint density at radius 1 is 1.37 bits per heavy atom. The fraction of sp³-hybridized carbons (Fsp3) is 0.286. The molecule has 0 atom stereocenters. The summed E-state index contributed by atoms with van der Waals surface area (Å²) in [5.41, 5.74) is 2.29. The van der Waals surface area contributed by atoms with E-state index >= 15 is 0 Å². The number of hydrogen-bond acceptors (Lipinski definition) is 3. The highest BCUT2D eigenvalue weighted by Crippen LogP contribution is 2.33. The van der Waals surface area contributed by atoms with Gasteiger partial charge in [0, 0.05) is 12.6 Å². The zero-order valence-corrected chi connectivity index (χ0v) is 12.1. The van der Waals surface area contributed by atoms with E-state index in [0.29, 0.717) is 22.1 Å². The van der Waals surface area contributed by atoms with Gasteiger partial charge in [0.1, 0.15) is 11.4 Å². The molecule has 0 N–H and O–H groups in total. The Morgan fingerprint density at radius 3 is 2.53 bits per heavy atom. The van der Waals surface area contributed by atoms with Crippen LogP contribution in [-0.4, -0.2) is 15.6 Å². The van der Waals surface area contributed by atoms with Gasteiger partial charge in [-0.15, -0.1) is 0 Å². The first-order valence-electron chi connectivity index (χ1n) is 5.88. The Labute approximate surface area is 116 Å². The molecule has 0 saturated carbocycles. The number of aryl methyl sites for hydroxylation is 2. The number of carbonyl (C=O) groups is 1. The highest BCUT2D eigenvalue weighted by Gasteiger charge is 2.14. The van der Waals surface area contributed by atoms with Crippen molar-refractivity contribution < 1.29 is 9.53 Å². The van der Waals surface area contributed by atoms with Gasteiger partial charge in [-0.3, -0.25) is 9.48 Å². The van der Waals surface area contributed by atoms with Gasteiger partial charge in [0.2, 0.25) is 0 Å². The average molecular weight is 279 g/mol. The van der Waals surface area contributed by atoms with Crippen LogP contribution in [0.25, 0.3) is 0 Å². The molecule has 0 aliphatic rings. The average Bonchev–Trinajstić information content (AvgIpc) is 2.58. The SMILES string of the molecule is CC(=O)c1ccc(Oc2c(C)nn(C)c2C)c(Cl)c1. The number of nitrogens with zero attached hydrogens (tertiary/aromatic N) is 2. The largest absolute Gasteiger partial charge is 0.452 e. The maximum atomic E-state index is 11.3. The number of aromatic nitrogens is 2. The first kappa shape index (κ1) is 13.6. The van der Waals surface area contributed by atoms with Crippen molar-refractivity contribution in [2.45, 2.75) is 20.8 Å². The molecule has 1 aromatic carbocycles. The number of halogens is 1. The molecule has 1 heterocycles. The zero-order chi connectivity index (χ0) is 14.2. The van der Waals surface area contributed by atoms with Gasteiger partial charge in [-0.05, 0) is 39.0 Å². The normalized spacial score (nSPS) is 10.6. The van der Waals surface area contributed by atoms with E-state index in [1.165, 1.54) is 6.92 Å². The number of hydrogen-bond donors (Lipinski definition) is 0. The fourth-order valence-electron chi connectivity index (χ4n) is 1.81. The van der Waals surface area contributed by atoms with Crippen LogP contribution in [0.2, 0.25) is 5.02 Å². The van der Waals surface area contributed by atoms with Crippen LogP contribution in [0.1, 0.15) is 28.7 Å². The third-order valence-electron chi connectivity index (χ3n) is 2.99. The molecule has 0 amide bonds. The highest BCUT2D eigenvalue weighted by molar-refractivity contribution is 6.32. The van der Waals surface area contributed by atoms with Crippen LogP contribution in [0.15, 0.2) is 18.2 Å². The summed E-state index contributed by atoms with van der Waals surface area (Å²) < 4.78 is 7.55. The fourth-order valence-corrected chi connectivity index (χ4v) is 2.03. The zero-order valence-electron chi connectivity index (χ0n) is 11.3. The van der Waals surface area contributed by atoms with E-state index < -0.39 is 0 Å². The summed E-state index contributed by atoms with van der Waals surface area (Å²) in [7, 11) is 1.86. The van der Waals surface area contributed by atoms with E-state index in [4.69, 9.17) is 16.3 Å². The van der Waals surface area contributed by atoms with Gasteiger partial charge in [-0.25, -0.2) is 0 Å². The molecule has 0 aliphatic heterocycles. The smallest absolute Gasteiger partial charge is 0.171 e. The molecule has 0 saturated heterocycles. The standard InChI is InChI=1S/C14H15ClN2O2/c1-8-14(9(2)17(4)16-8)19-13-6-5-11(10(3)18)7-12(13)15/h5-7H,1-4H3. The molecule has 5 heteroatoms. The second kappa shape index (κ2) is 5.05. The molecule has 2 rings (SSSR count). The lowest BCUT2D eigenvalue weighted by molar-refractivity contribution is 0.101. The van der Waals surface area contributed by atoms with Crippen LogP contribution >= 0.6 is 11.6 Å². The minimum atomic E-state index is -0.0258. The summed E-state index contributed by atoms with van der Waals surface area (Å²) in [4.78, 5) is 11.3. The van der Waals surface area contributed by atoms with Crippen molar-refractivity contribution in [1.82, 2.24) is 9.78 Å². The summed E-state index contributed by atoms with van der Waals surface area (Å²) in [5, 5.41) is 4.69. The van der Waals surface area contributed by atoms with E-state index in [-0.39, 0.29) is 5.78 Å². The second-order valence-electron chi connectivity index (χ2n) is 4.43. The number of carbonyl (C=O) groups excluding carboxylic acids is 1. The third-order valence-corrected chi connectivity index (χ3v) is 3.29. The van der Waals surface area contributed by atoms with Crippen molar-refractivity contribution in [3.05, 3.63) is 40.2 Å². The number of ketones is 1. The van der Waals surface area contributed by atoms with Crippen LogP contribution < -0.4 is 4.74 Å². The molecule has 19 heavy (non-hydrogen) atoms. The van der Waals surface area contributed by atoms with E-state index in [9.17, 15) is 4.79 Å². The van der Waals surface area contributed by atoms with Crippen molar-refractivity contribution >= 4 is 17.4 Å². The van der Waals surface area contributed by atoms with Crippen LogP contribution in [-0.2, 0) is 7.05 Å². The molecule has 2 aromatic rings. The third kappa shape index (κ3) is 2.63. The van der Waals surface area contributed by atoms with E-state index in [1.54, 1.807) is 22.9 Å². The van der Waals surface area contributed by atoms with Gasteiger partial charge in [0.05, 0.1) is 10.7 Å². The van der Waals surface area contributed by atoms with E-state index in [1.807, 2.05) is 20.9 Å². The monoisotopic (exact) mass is 278 g/mol. The maximum Gasteiger partial charge on any atom is 0.171 e. The van der Waals surface area contributed by atoms with Gasteiger partial charge in [-0.2, -0.15) is 5.10 Å². The highest BCUT2D eigenvalue weighted by atomic mass is 35.5. The summed E-state index contributed by atoms with van der Waals surface area (Å²) >= 11 is 6.13. The number of benzene rings is 1. The van der Waals surface area contributed by atoms with Crippen LogP contribution in [0.4, 0.5) is 0 Å². The van der Waals surface area contributed by atoms with Crippen molar-refractivity contribution in [1.29, 1.82) is 0 Å². The minimum absolute atomic E-state index is 0.0258. The number of ether oxygens (including phenoxy) is 1. The molecule has 0 unspecified atom stereocenters. The lowest BCUT2D eigenvalue weighted by Gasteiger charge is -2.08. The van der Waals surface area contributed by atoms with Gasteiger partial charge in [0.15, 0.2) is 11.5 Å². The predicted octanol–water partition coefficient (Wildman–Crippen LogP) is 3.69. The van der Waals surface area contributed by atoms with Crippen LogP contribution in [0.3, 0.4) is 0 Å². The minimum Gasteiger partial charge on any atom is -0.452 e. The molecule has 100 valence electrons. The summed E-state index contributed by atoms with van der Waals surface area (Å²) in [5.74, 6) is 1.19. The molecular formula is C14H15ClN2O2. The molecule has 0 aliphatic carbocycles. The van der Waals surface area contributed by atoms with E-state index in [0.717, 1.165) is 11.4 Å². The number of Topliss-reactive ketones (excluding diaryl/α,β-unsaturated/α-hetero) is 1. The molecule has 0 fully saturated rings. The summed E-state index contributed by atoms with van der Waals surface area (Å²) in [6, 6.07) is 5.01. The molecule has 0 spiro atoms. The topological polar surface area (TPSA) is 44.1 Å². The van der Waals surface area contributed by atoms with Crippen molar-refractivity contribution in [3.63, 3.8) is 0 Å². The van der Waals surface area contributed by atoms with Gasteiger partial charge in [-0.1, -0.05) is 11.6 Å². The Balaban J connectivity index is 2.36. The van der Waals surface area contributed by atoms with Gasteiger partial charge < -0.3 is 4.74 Å². The lowest BCUT2D eigenvalue weighted by atomic mass is 10.1. The van der Waals surface area contributed by atoms with Crippen molar-refractivity contribution in [3.8, 4) is 11.5 Å². The summed E-state index contributed by atoms with van der Waals surface area (Å²) in [6.45, 7) is 5.30. The van der Waals surface area contributed by atoms with Crippen LogP contribution in [0.5, 0.6) is 11.5 Å². The quantitative estimate of drug-likeness (QED) is 0.805. The maximum absolute atomic E-state index is 11.3. The number of rotatable bonds is 3. The Kier molecular flexibility index (Phi) is 3.62. The molecular weight excluding hydrogens is 264 g/mol. The first-order chi connectivity index (χ1) is 8.90. The van der Waals surface area contributed by atoms with Crippen LogP contribution in [0, 0.1) is 13.8 Å². The molecule has 4 nitrogen and oxygen atoms in total. The Morgan fingerprint density at radius 2 is 2.05 bits per heavy atom. The molecule has 0 bridgehead atoms. The van der Waals surface area contributed by atoms with Gasteiger partial charge in [0.25, 0.3) is 0 Å². The van der Waals surface area contributed by atoms with Gasteiger partial charge >= 0.3 is 0 Å². The summed E-state index contributed by atoms with van der Waals surface area (Å²) in [6.07, 6.45) is 0. The lowest BCUT2D eigenvalue weighted by Crippen LogP contribution is -1.95. The predicted molar refractivity (Wildman–Crippen MR) is 74.2 cm³/mol.